The van der Waals surface area contributed by atoms with Gasteiger partial charge < -0.3 is 20.9 Å². The number of sulfonamides is 1. The number of carbonyl (C=O) groups excluding carboxylic acids is 3. The van der Waals surface area contributed by atoms with Crippen LogP contribution < -0.4 is 20.3 Å². The van der Waals surface area contributed by atoms with Crippen molar-refractivity contribution in [1.29, 1.82) is 0 Å². The van der Waals surface area contributed by atoms with Gasteiger partial charge in [-0.3, -0.25) is 14.4 Å². The number of hydrogen-bond acceptors (Lipinski definition) is 8. The maximum atomic E-state index is 14.0. The molecule has 3 aliphatic rings. The smallest absolute Gasteiger partial charge is 0.247 e. The molecule has 0 radical (unpaired) electrons. The number of thiazole rings is 1. The molecule has 1 unspecified atom stereocenters. The number of nitrogens with zero attached hydrogens (tertiary/aromatic N) is 3. The zero-order valence-electron chi connectivity index (χ0n) is 25.2. The molecule has 4 rings (SSSR count). The van der Waals surface area contributed by atoms with Crippen LogP contribution >= 0.6 is 11.3 Å². The lowest BCUT2D eigenvalue weighted by molar-refractivity contribution is -0.142. The Morgan fingerprint density at radius 2 is 1.86 bits per heavy atom. The van der Waals surface area contributed by atoms with Crippen LogP contribution in [0, 0.1) is 11.8 Å². The predicted octanol–water partition coefficient (Wildman–Crippen LogP) is 3.12. The van der Waals surface area contributed by atoms with Crippen LogP contribution in [0.15, 0.2) is 18.2 Å². The van der Waals surface area contributed by atoms with Gasteiger partial charge in [0.05, 0.1) is 12.3 Å². The van der Waals surface area contributed by atoms with Gasteiger partial charge >= 0.3 is 0 Å². The van der Waals surface area contributed by atoms with Crippen molar-refractivity contribution in [3.05, 3.63) is 23.9 Å². The summed E-state index contributed by atoms with van der Waals surface area (Å²) >= 11 is 1.09. The van der Waals surface area contributed by atoms with Crippen LogP contribution in [0.2, 0.25) is 0 Å². The lowest BCUT2D eigenvalue weighted by atomic mass is 9.83. The van der Waals surface area contributed by atoms with E-state index in [9.17, 15) is 22.8 Å². The zero-order valence-corrected chi connectivity index (χ0v) is 26.8. The van der Waals surface area contributed by atoms with Gasteiger partial charge in [0.2, 0.25) is 32.9 Å². The summed E-state index contributed by atoms with van der Waals surface area (Å²) in [5.74, 6) is -0.398. The Morgan fingerprint density at radius 3 is 2.48 bits per heavy atom. The van der Waals surface area contributed by atoms with Crippen molar-refractivity contribution in [1.82, 2.24) is 20.5 Å². The first-order valence-corrected chi connectivity index (χ1v) is 17.5. The molecule has 232 valence electrons. The Bertz CT molecular complexity index is 1330. The van der Waals surface area contributed by atoms with E-state index in [-0.39, 0.29) is 28.8 Å². The molecule has 1 saturated heterocycles. The summed E-state index contributed by atoms with van der Waals surface area (Å²) in [6, 6.07) is -1.84. The summed E-state index contributed by atoms with van der Waals surface area (Å²) < 4.78 is 25.6. The number of nitrogens with one attached hydrogen (secondary N) is 3. The van der Waals surface area contributed by atoms with Crippen LogP contribution in [0.1, 0.15) is 70.9 Å². The van der Waals surface area contributed by atoms with Crippen LogP contribution in [-0.4, -0.2) is 81.0 Å². The van der Waals surface area contributed by atoms with E-state index < -0.39 is 28.1 Å². The molecular weight excluding hydrogens is 576 g/mol. The maximum Gasteiger partial charge on any atom is 0.247 e. The average molecular weight is 621 g/mol. The number of likely N-dealkylation sites (tertiary alicyclic amines) is 1. The van der Waals surface area contributed by atoms with Crippen molar-refractivity contribution in [2.45, 2.75) is 83.3 Å². The minimum absolute atomic E-state index is 0.0261. The number of amides is 3. The minimum Gasteiger partial charge on any atom is -0.343 e. The first-order valence-electron chi connectivity index (χ1n) is 14.8. The van der Waals surface area contributed by atoms with Gasteiger partial charge in [0, 0.05) is 13.6 Å². The number of likely N-dealkylation sites (N-methyl/N-ethyl adjacent to an activating group) is 1. The number of carbonyl (C=O) groups is 3. The number of rotatable bonds is 10. The molecule has 0 bridgehead atoms. The molecule has 1 saturated carbocycles. The molecule has 2 aliphatic carbocycles. The van der Waals surface area contributed by atoms with Crippen LogP contribution in [0.4, 0.5) is 10.1 Å². The Balaban J connectivity index is 1.58. The molecule has 1 aromatic rings. The first-order chi connectivity index (χ1) is 19.9. The van der Waals surface area contributed by atoms with Crippen molar-refractivity contribution in [3.8, 4) is 0 Å². The van der Waals surface area contributed by atoms with Gasteiger partial charge in [-0.25, -0.2) is 17.7 Å². The fourth-order valence-electron chi connectivity index (χ4n) is 5.70. The monoisotopic (exact) mass is 620 g/mol. The van der Waals surface area contributed by atoms with E-state index in [0.717, 1.165) is 66.0 Å². The van der Waals surface area contributed by atoms with Crippen LogP contribution in [-0.2, 0) is 24.4 Å². The second-order valence-corrected chi connectivity index (χ2v) is 14.7. The van der Waals surface area contributed by atoms with Gasteiger partial charge in [-0.2, -0.15) is 0 Å². The Morgan fingerprint density at radius 1 is 1.14 bits per heavy atom. The third-order valence-electron chi connectivity index (χ3n) is 8.56. The minimum atomic E-state index is -3.56. The Hall–Kier alpha value is -2.77. The number of anilines is 2. The van der Waals surface area contributed by atoms with E-state index >= 15 is 0 Å². The van der Waals surface area contributed by atoms with E-state index in [4.69, 9.17) is 0 Å². The molecule has 13 heteroatoms. The highest BCUT2D eigenvalue weighted by Crippen LogP contribution is 2.38. The number of hydrogen-bond donors (Lipinski definition) is 3. The molecule has 1 aromatic heterocycles. The van der Waals surface area contributed by atoms with E-state index in [0.29, 0.717) is 36.0 Å². The van der Waals surface area contributed by atoms with Gasteiger partial charge in [-0.1, -0.05) is 55.8 Å². The Kier molecular flexibility index (Phi) is 10.5. The molecular formula is C29H44N6O5S2. The van der Waals surface area contributed by atoms with Gasteiger partial charge in [0.1, 0.15) is 22.8 Å². The fraction of sp³-hybridized carbons (Fsp3) is 0.655. The van der Waals surface area contributed by atoms with E-state index in [1.807, 2.05) is 12.2 Å². The van der Waals surface area contributed by atoms with Crippen molar-refractivity contribution in [3.63, 3.8) is 0 Å². The zero-order chi connectivity index (χ0) is 30.6. The van der Waals surface area contributed by atoms with Crippen molar-refractivity contribution >= 4 is 54.8 Å². The molecule has 2 fully saturated rings. The molecule has 4 atom stereocenters. The van der Waals surface area contributed by atoms with Gasteiger partial charge in [0.15, 0.2) is 0 Å². The SMILES string of the molecule is CN[C@@H](C)C(=O)N[C@H](C(=O)N1CCC[C@H]1C(=O)Nc1sc(N(C)S(C)(=O)=O)nc1C1=CCC(C)C=C1)C1CCCCC1. The summed E-state index contributed by atoms with van der Waals surface area (Å²) in [7, 11) is -0.426. The summed E-state index contributed by atoms with van der Waals surface area (Å²) in [6.45, 7) is 4.29. The number of allylic oxidation sites excluding steroid dienone is 4. The van der Waals surface area contributed by atoms with Crippen LogP contribution in [0.5, 0.6) is 0 Å². The second kappa shape index (κ2) is 13.7. The lowest BCUT2D eigenvalue weighted by Gasteiger charge is -2.35. The first kappa shape index (κ1) is 32.2. The third kappa shape index (κ3) is 7.41. The molecule has 42 heavy (non-hydrogen) atoms. The second-order valence-electron chi connectivity index (χ2n) is 11.7. The summed E-state index contributed by atoms with van der Waals surface area (Å²) in [4.78, 5) is 46.9. The number of aromatic nitrogens is 1. The van der Waals surface area contributed by atoms with E-state index in [1.165, 1.54) is 7.05 Å². The largest absolute Gasteiger partial charge is 0.343 e. The third-order valence-corrected chi connectivity index (χ3v) is 10.9. The normalized spacial score (nSPS) is 22.8. The highest BCUT2D eigenvalue weighted by molar-refractivity contribution is 7.92. The van der Waals surface area contributed by atoms with E-state index in [1.54, 1.807) is 18.9 Å². The lowest BCUT2D eigenvalue weighted by Crippen LogP contribution is -2.57. The Labute approximate surface area is 253 Å². The molecule has 3 amide bonds. The van der Waals surface area contributed by atoms with Crippen LogP contribution in [0.3, 0.4) is 0 Å². The molecule has 0 spiro atoms. The van der Waals surface area contributed by atoms with Crippen LogP contribution in [0.25, 0.3) is 5.57 Å². The molecule has 11 nitrogen and oxygen atoms in total. The predicted molar refractivity (Wildman–Crippen MR) is 167 cm³/mol. The van der Waals surface area contributed by atoms with Crippen molar-refractivity contribution < 1.29 is 22.8 Å². The summed E-state index contributed by atoms with van der Waals surface area (Å²) in [5.41, 5.74) is 1.32. The molecule has 1 aliphatic heterocycles. The molecule has 2 heterocycles. The van der Waals surface area contributed by atoms with Crippen molar-refractivity contribution in [2.75, 3.05) is 36.5 Å². The topological polar surface area (TPSA) is 141 Å². The summed E-state index contributed by atoms with van der Waals surface area (Å²) in [6.07, 6.45) is 14.0. The fourth-order valence-corrected chi connectivity index (χ4v) is 7.41. The van der Waals surface area contributed by atoms with E-state index in [2.05, 4.69) is 33.9 Å². The van der Waals surface area contributed by atoms with Gasteiger partial charge in [-0.15, -0.1) is 0 Å². The maximum absolute atomic E-state index is 14.0. The average Bonchev–Trinajstić information content (AvgIpc) is 3.63. The van der Waals surface area contributed by atoms with Crippen molar-refractivity contribution in [2.24, 2.45) is 11.8 Å². The van der Waals surface area contributed by atoms with Gasteiger partial charge in [0.25, 0.3) is 0 Å². The highest BCUT2D eigenvalue weighted by Gasteiger charge is 2.41. The summed E-state index contributed by atoms with van der Waals surface area (Å²) in [5, 5.41) is 9.61. The molecule has 3 N–H and O–H groups in total. The standard InChI is InChI=1S/C29H44N6O5S2/c1-18-13-15-21(16-14-18)23-27(41-29(32-23)34(4)42(5,39)40)33-26(37)22-12-9-17-35(22)28(38)24(20-10-7-6-8-11-20)31-25(36)19(2)30-3/h13,15-16,18-20,22,24,30H,6-12,14,17H2,1-5H3,(H,31,36)(H,33,37)/t18?,19-,22-,24-/m0/s1. The highest BCUT2D eigenvalue weighted by atomic mass is 32.2. The van der Waals surface area contributed by atoms with Gasteiger partial charge in [-0.05, 0) is 63.5 Å². The molecule has 0 aromatic carbocycles. The quantitative estimate of drug-likeness (QED) is 0.365.